The van der Waals surface area contributed by atoms with Gasteiger partial charge >= 0.3 is 6.18 Å². The van der Waals surface area contributed by atoms with Crippen molar-refractivity contribution in [1.82, 2.24) is 0 Å². The van der Waals surface area contributed by atoms with Crippen LogP contribution in [0.25, 0.3) is 16.7 Å². The molecule has 2 aromatic rings. The normalized spacial score (nSPS) is 20.3. The van der Waals surface area contributed by atoms with Gasteiger partial charge in [0.1, 0.15) is 5.76 Å². The van der Waals surface area contributed by atoms with E-state index in [2.05, 4.69) is 0 Å². The van der Waals surface area contributed by atoms with Crippen molar-refractivity contribution in [2.45, 2.75) is 39.8 Å². The van der Waals surface area contributed by atoms with Crippen molar-refractivity contribution in [2.75, 3.05) is 0 Å². The average Bonchev–Trinajstić information content (AvgIpc) is 2.65. The SMILES string of the molecule is CC[C@@H]1CC(C)C(O)=C(c2cc(-c3ccc(Cl)cc3C(F)(F)F)ccc2C)C1=O. The molecule has 1 aliphatic rings. The highest BCUT2D eigenvalue weighted by atomic mass is 35.5. The van der Waals surface area contributed by atoms with Gasteiger partial charge in [-0.25, -0.2) is 0 Å². The number of hydrogen-bond donors (Lipinski definition) is 1. The van der Waals surface area contributed by atoms with E-state index in [1.54, 1.807) is 25.1 Å². The Balaban J connectivity index is 2.21. The molecule has 0 spiro atoms. The van der Waals surface area contributed by atoms with E-state index in [-0.39, 0.29) is 39.5 Å². The second-order valence-electron chi connectivity index (χ2n) is 7.58. The van der Waals surface area contributed by atoms with E-state index in [1.165, 1.54) is 12.1 Å². The van der Waals surface area contributed by atoms with Gasteiger partial charge < -0.3 is 5.11 Å². The summed E-state index contributed by atoms with van der Waals surface area (Å²) < 4.78 is 40.7. The summed E-state index contributed by atoms with van der Waals surface area (Å²) in [5.74, 6) is -0.542. The van der Waals surface area contributed by atoms with E-state index in [9.17, 15) is 23.1 Å². The Kier molecular flexibility index (Phi) is 5.81. The minimum Gasteiger partial charge on any atom is -0.511 e. The van der Waals surface area contributed by atoms with Gasteiger partial charge in [0, 0.05) is 16.9 Å². The summed E-state index contributed by atoms with van der Waals surface area (Å²) in [7, 11) is 0. The van der Waals surface area contributed by atoms with Gasteiger partial charge in [-0.15, -0.1) is 0 Å². The summed E-state index contributed by atoms with van der Waals surface area (Å²) in [5.41, 5.74) is 0.860. The number of Topliss-reactive ketones (excluding diaryl/α,β-unsaturated/α-hetero) is 1. The number of aliphatic hydroxyl groups is 1. The highest BCUT2D eigenvalue weighted by Crippen LogP contribution is 2.42. The maximum absolute atomic E-state index is 13.6. The molecule has 1 N–H and O–H groups in total. The maximum atomic E-state index is 13.6. The number of carbonyl (C=O) groups is 1. The molecular formula is C23H22ClF3O2. The summed E-state index contributed by atoms with van der Waals surface area (Å²) in [6, 6.07) is 8.45. The Morgan fingerprint density at radius 2 is 1.83 bits per heavy atom. The minimum atomic E-state index is -4.57. The first-order valence-corrected chi connectivity index (χ1v) is 9.87. The van der Waals surface area contributed by atoms with E-state index >= 15 is 0 Å². The predicted octanol–water partition coefficient (Wildman–Crippen LogP) is 7.24. The van der Waals surface area contributed by atoms with Crippen LogP contribution in [0.3, 0.4) is 0 Å². The fourth-order valence-electron chi connectivity index (χ4n) is 3.91. The molecule has 2 nitrogen and oxygen atoms in total. The van der Waals surface area contributed by atoms with Crippen molar-refractivity contribution in [2.24, 2.45) is 11.8 Å². The van der Waals surface area contributed by atoms with Gasteiger partial charge in [-0.1, -0.05) is 43.6 Å². The summed E-state index contributed by atoms with van der Waals surface area (Å²) in [6.07, 6.45) is -3.36. The zero-order valence-corrected chi connectivity index (χ0v) is 17.2. The number of aliphatic hydroxyl groups excluding tert-OH is 1. The number of aryl methyl sites for hydroxylation is 1. The van der Waals surface area contributed by atoms with Crippen LogP contribution in [0.5, 0.6) is 0 Å². The Morgan fingerprint density at radius 1 is 1.14 bits per heavy atom. The van der Waals surface area contributed by atoms with Crippen molar-refractivity contribution in [3.63, 3.8) is 0 Å². The lowest BCUT2D eigenvalue weighted by Crippen LogP contribution is -2.26. The summed E-state index contributed by atoms with van der Waals surface area (Å²) >= 11 is 5.79. The molecular weight excluding hydrogens is 401 g/mol. The van der Waals surface area contributed by atoms with Crippen LogP contribution in [0.15, 0.2) is 42.2 Å². The van der Waals surface area contributed by atoms with Crippen LogP contribution in [0.4, 0.5) is 13.2 Å². The zero-order chi connectivity index (χ0) is 21.5. The van der Waals surface area contributed by atoms with Gasteiger partial charge in [0.25, 0.3) is 0 Å². The van der Waals surface area contributed by atoms with Crippen molar-refractivity contribution < 1.29 is 23.1 Å². The van der Waals surface area contributed by atoms with Crippen LogP contribution in [0.2, 0.25) is 5.02 Å². The summed E-state index contributed by atoms with van der Waals surface area (Å²) in [5, 5.41) is 10.6. The quantitative estimate of drug-likeness (QED) is 0.566. The molecule has 0 bridgehead atoms. The lowest BCUT2D eigenvalue weighted by molar-refractivity contribution is -0.137. The largest absolute Gasteiger partial charge is 0.511 e. The topological polar surface area (TPSA) is 37.3 Å². The van der Waals surface area contributed by atoms with E-state index in [0.717, 1.165) is 11.6 Å². The lowest BCUT2D eigenvalue weighted by atomic mass is 9.76. The number of allylic oxidation sites excluding steroid dienone is 2. The fraction of sp³-hybridized carbons (Fsp3) is 0.348. The first-order valence-electron chi connectivity index (χ1n) is 9.50. The first kappa shape index (κ1) is 21.4. The molecule has 2 atom stereocenters. The molecule has 1 aliphatic carbocycles. The fourth-order valence-corrected chi connectivity index (χ4v) is 4.08. The molecule has 1 unspecified atom stereocenters. The number of benzene rings is 2. The highest BCUT2D eigenvalue weighted by Gasteiger charge is 2.36. The maximum Gasteiger partial charge on any atom is 0.417 e. The van der Waals surface area contributed by atoms with Crippen LogP contribution in [-0.2, 0) is 11.0 Å². The minimum absolute atomic E-state index is 0.00386. The van der Waals surface area contributed by atoms with E-state index in [0.29, 0.717) is 24.0 Å². The van der Waals surface area contributed by atoms with Crippen molar-refractivity contribution in [1.29, 1.82) is 0 Å². The predicted molar refractivity (Wildman–Crippen MR) is 109 cm³/mol. The lowest BCUT2D eigenvalue weighted by Gasteiger charge is -2.28. The molecule has 0 fully saturated rings. The number of carbonyl (C=O) groups excluding carboxylic acids is 1. The van der Waals surface area contributed by atoms with Gasteiger partial charge in [0.05, 0.1) is 11.1 Å². The number of alkyl halides is 3. The van der Waals surface area contributed by atoms with Crippen LogP contribution < -0.4 is 0 Å². The molecule has 154 valence electrons. The molecule has 0 amide bonds. The Labute approximate surface area is 173 Å². The molecule has 0 radical (unpaired) electrons. The van der Waals surface area contributed by atoms with Gasteiger partial charge in [-0.3, -0.25) is 4.79 Å². The van der Waals surface area contributed by atoms with Gasteiger partial charge in [0.2, 0.25) is 0 Å². The molecule has 0 aliphatic heterocycles. The van der Waals surface area contributed by atoms with Gasteiger partial charge in [-0.2, -0.15) is 13.2 Å². The number of hydrogen-bond acceptors (Lipinski definition) is 2. The van der Waals surface area contributed by atoms with Gasteiger partial charge in [0.15, 0.2) is 5.78 Å². The highest BCUT2D eigenvalue weighted by molar-refractivity contribution is 6.30. The molecule has 0 saturated heterocycles. The zero-order valence-electron chi connectivity index (χ0n) is 16.4. The summed E-state index contributed by atoms with van der Waals surface area (Å²) in [4.78, 5) is 13.0. The third-order valence-electron chi connectivity index (χ3n) is 5.58. The standard InChI is InChI=1S/C23H22ClF3O2/c1-4-14-9-13(3)21(28)20(22(14)29)18-10-15(6-5-12(18)2)17-8-7-16(24)11-19(17)23(25,26)27/h5-8,10-11,13-14,28H,4,9H2,1-3H3/t13?,14-/m1/s1. The molecule has 2 aromatic carbocycles. The molecule has 0 heterocycles. The molecule has 29 heavy (non-hydrogen) atoms. The monoisotopic (exact) mass is 422 g/mol. The Hall–Kier alpha value is -2.27. The number of rotatable bonds is 3. The third-order valence-corrected chi connectivity index (χ3v) is 5.81. The third kappa shape index (κ3) is 4.06. The van der Waals surface area contributed by atoms with Crippen LogP contribution in [0, 0.1) is 18.8 Å². The second kappa shape index (κ2) is 7.86. The molecule has 3 rings (SSSR count). The average molecular weight is 423 g/mol. The van der Waals surface area contributed by atoms with Gasteiger partial charge in [-0.05, 0) is 60.2 Å². The molecule has 0 aromatic heterocycles. The summed E-state index contributed by atoms with van der Waals surface area (Å²) in [6.45, 7) is 5.55. The van der Waals surface area contributed by atoms with E-state index < -0.39 is 11.7 Å². The van der Waals surface area contributed by atoms with Crippen molar-refractivity contribution >= 4 is 23.0 Å². The number of ketones is 1. The molecule has 0 saturated carbocycles. The van der Waals surface area contributed by atoms with Crippen LogP contribution in [0.1, 0.15) is 43.4 Å². The van der Waals surface area contributed by atoms with Crippen molar-refractivity contribution in [3.05, 3.63) is 63.9 Å². The van der Waals surface area contributed by atoms with Crippen molar-refractivity contribution in [3.8, 4) is 11.1 Å². The van der Waals surface area contributed by atoms with E-state index in [4.69, 9.17) is 11.6 Å². The number of halogens is 4. The Bertz CT molecular complexity index is 992. The van der Waals surface area contributed by atoms with Crippen LogP contribution >= 0.6 is 11.6 Å². The van der Waals surface area contributed by atoms with Crippen LogP contribution in [-0.4, -0.2) is 10.9 Å². The second-order valence-corrected chi connectivity index (χ2v) is 8.02. The molecule has 6 heteroatoms. The smallest absolute Gasteiger partial charge is 0.417 e. The first-order chi connectivity index (χ1) is 13.5. The van der Waals surface area contributed by atoms with E-state index in [1.807, 2.05) is 13.8 Å². The Morgan fingerprint density at radius 3 is 2.45 bits per heavy atom.